The van der Waals surface area contributed by atoms with E-state index in [1.54, 1.807) is 37.4 Å². The number of nitrogens with zero attached hydrogens (tertiary/aromatic N) is 2. The maximum absolute atomic E-state index is 12.2. The predicted octanol–water partition coefficient (Wildman–Crippen LogP) is 3.00. The van der Waals surface area contributed by atoms with E-state index in [0.717, 1.165) is 11.3 Å². The Morgan fingerprint density at radius 3 is 2.56 bits per heavy atom. The molecule has 0 atom stereocenters. The number of amides is 1. The average molecular weight is 384 g/mol. The zero-order chi connectivity index (χ0) is 19.2. The third kappa shape index (κ3) is 4.54. The van der Waals surface area contributed by atoms with Gasteiger partial charge in [-0.15, -0.1) is 0 Å². The summed E-state index contributed by atoms with van der Waals surface area (Å²) in [5, 5.41) is 7.50. The van der Waals surface area contributed by atoms with E-state index in [1.807, 2.05) is 24.3 Å². The van der Waals surface area contributed by atoms with Gasteiger partial charge in [0.25, 0.3) is 11.5 Å². The van der Waals surface area contributed by atoms with Crippen molar-refractivity contribution < 1.29 is 9.53 Å². The highest BCUT2D eigenvalue weighted by Gasteiger charge is 2.09. The van der Waals surface area contributed by atoms with Crippen LogP contribution in [0, 0.1) is 0 Å². The van der Waals surface area contributed by atoms with Crippen LogP contribution in [0.5, 0.6) is 5.75 Å². The summed E-state index contributed by atoms with van der Waals surface area (Å²) in [4.78, 5) is 24.2. The summed E-state index contributed by atoms with van der Waals surface area (Å²) in [5.41, 5.74) is 1.69. The van der Waals surface area contributed by atoms with Crippen molar-refractivity contribution in [1.29, 1.82) is 0 Å². The number of hydrogen-bond acceptors (Lipinski definition) is 4. The number of benzene rings is 2. The van der Waals surface area contributed by atoms with Gasteiger partial charge in [0.05, 0.1) is 29.9 Å². The molecule has 0 saturated heterocycles. The number of ether oxygens (including phenoxy) is 1. The number of hydrogen-bond donors (Lipinski definition) is 1. The predicted molar refractivity (Wildman–Crippen MR) is 104 cm³/mol. The fraction of sp³-hybridized carbons (Fsp3) is 0.150. The van der Waals surface area contributed by atoms with Gasteiger partial charge >= 0.3 is 0 Å². The Hall–Kier alpha value is -3.12. The van der Waals surface area contributed by atoms with Gasteiger partial charge in [-0.1, -0.05) is 23.7 Å². The van der Waals surface area contributed by atoms with Gasteiger partial charge in [-0.05, 0) is 42.5 Å². The molecule has 6 nitrogen and oxygen atoms in total. The molecule has 3 aromatic rings. The van der Waals surface area contributed by atoms with Gasteiger partial charge in [0.1, 0.15) is 5.75 Å². The lowest BCUT2D eigenvalue weighted by Gasteiger charge is -2.09. The van der Waals surface area contributed by atoms with E-state index in [0.29, 0.717) is 16.3 Å². The van der Waals surface area contributed by atoms with Gasteiger partial charge < -0.3 is 10.1 Å². The van der Waals surface area contributed by atoms with Crippen LogP contribution in [0.4, 0.5) is 0 Å². The average Bonchev–Trinajstić information content (AvgIpc) is 2.69. The first-order valence-corrected chi connectivity index (χ1v) is 8.71. The Morgan fingerprint density at radius 2 is 1.85 bits per heavy atom. The highest BCUT2D eigenvalue weighted by molar-refractivity contribution is 6.33. The smallest absolute Gasteiger partial charge is 0.266 e. The molecule has 0 aliphatic rings. The van der Waals surface area contributed by atoms with Crippen LogP contribution >= 0.6 is 11.6 Å². The molecule has 0 fully saturated rings. The zero-order valence-electron chi connectivity index (χ0n) is 14.7. The van der Waals surface area contributed by atoms with Crippen molar-refractivity contribution in [3.8, 4) is 17.0 Å². The Labute approximate surface area is 161 Å². The lowest BCUT2D eigenvalue weighted by molar-refractivity contribution is 0.0952. The molecule has 0 radical (unpaired) electrons. The molecule has 7 heteroatoms. The molecule has 0 saturated carbocycles. The highest BCUT2D eigenvalue weighted by Crippen LogP contribution is 2.19. The zero-order valence-corrected chi connectivity index (χ0v) is 15.4. The third-order valence-electron chi connectivity index (χ3n) is 3.98. The number of carbonyl (C=O) groups excluding carboxylic acids is 1. The number of halogens is 1. The molecule has 0 unspecified atom stereocenters. The van der Waals surface area contributed by atoms with E-state index in [1.165, 1.54) is 10.7 Å². The first-order chi connectivity index (χ1) is 13.1. The SMILES string of the molecule is COc1ccc(-c2ccc(=O)n(CCNC(=O)c3ccccc3Cl)n2)cc1. The third-order valence-corrected chi connectivity index (χ3v) is 4.31. The summed E-state index contributed by atoms with van der Waals surface area (Å²) in [5.74, 6) is 0.453. The second kappa shape index (κ2) is 8.51. The Balaban J connectivity index is 1.69. The molecule has 0 aliphatic carbocycles. The molecule has 2 aromatic carbocycles. The van der Waals surface area contributed by atoms with Crippen LogP contribution in [-0.4, -0.2) is 29.3 Å². The topological polar surface area (TPSA) is 73.2 Å². The summed E-state index contributed by atoms with van der Waals surface area (Å²) < 4.78 is 6.47. The van der Waals surface area contributed by atoms with Crippen molar-refractivity contribution in [1.82, 2.24) is 15.1 Å². The number of rotatable bonds is 6. The van der Waals surface area contributed by atoms with Crippen LogP contribution in [0.15, 0.2) is 65.5 Å². The maximum atomic E-state index is 12.2. The van der Waals surface area contributed by atoms with Gasteiger partial charge in [-0.2, -0.15) is 5.10 Å². The van der Waals surface area contributed by atoms with Crippen LogP contribution in [0.2, 0.25) is 5.02 Å². The van der Waals surface area contributed by atoms with Gasteiger partial charge in [-0.25, -0.2) is 4.68 Å². The number of carbonyl (C=O) groups is 1. The minimum absolute atomic E-state index is 0.237. The number of nitrogens with one attached hydrogen (secondary N) is 1. The summed E-state index contributed by atoms with van der Waals surface area (Å²) in [6.45, 7) is 0.502. The second-order valence-corrected chi connectivity index (χ2v) is 6.15. The molecule has 0 aliphatic heterocycles. The lowest BCUT2D eigenvalue weighted by atomic mass is 10.1. The fourth-order valence-corrected chi connectivity index (χ4v) is 2.76. The maximum Gasteiger partial charge on any atom is 0.266 e. The second-order valence-electron chi connectivity index (χ2n) is 5.74. The Bertz CT molecular complexity index is 1000. The molecule has 27 heavy (non-hydrogen) atoms. The summed E-state index contributed by atoms with van der Waals surface area (Å²) in [6, 6.07) is 17.3. The van der Waals surface area contributed by atoms with Crippen molar-refractivity contribution in [3.63, 3.8) is 0 Å². The van der Waals surface area contributed by atoms with Crippen molar-refractivity contribution in [2.75, 3.05) is 13.7 Å². The minimum atomic E-state index is -0.292. The fourth-order valence-electron chi connectivity index (χ4n) is 2.54. The van der Waals surface area contributed by atoms with Gasteiger partial charge in [0.2, 0.25) is 0 Å². The van der Waals surface area contributed by atoms with Gasteiger partial charge in [0, 0.05) is 18.2 Å². The molecule has 0 bridgehead atoms. The van der Waals surface area contributed by atoms with E-state index in [-0.39, 0.29) is 24.6 Å². The highest BCUT2D eigenvalue weighted by atomic mass is 35.5. The molecule has 138 valence electrons. The first kappa shape index (κ1) is 18.7. The quantitative estimate of drug-likeness (QED) is 0.710. The molecule has 1 amide bonds. The van der Waals surface area contributed by atoms with E-state index in [4.69, 9.17) is 16.3 Å². The largest absolute Gasteiger partial charge is 0.497 e. The molecule has 3 rings (SSSR count). The first-order valence-electron chi connectivity index (χ1n) is 8.34. The minimum Gasteiger partial charge on any atom is -0.497 e. The monoisotopic (exact) mass is 383 g/mol. The summed E-state index contributed by atoms with van der Waals surface area (Å²) in [6.07, 6.45) is 0. The van der Waals surface area contributed by atoms with Crippen molar-refractivity contribution in [3.05, 3.63) is 81.6 Å². The van der Waals surface area contributed by atoms with E-state index >= 15 is 0 Å². The van der Waals surface area contributed by atoms with Crippen LogP contribution in [0.3, 0.4) is 0 Å². The molecular weight excluding hydrogens is 366 g/mol. The van der Waals surface area contributed by atoms with Crippen molar-refractivity contribution in [2.45, 2.75) is 6.54 Å². The summed E-state index contributed by atoms with van der Waals surface area (Å²) >= 11 is 6.01. The molecule has 1 aromatic heterocycles. The number of methoxy groups -OCH3 is 1. The van der Waals surface area contributed by atoms with Crippen molar-refractivity contribution >= 4 is 17.5 Å². The standard InChI is InChI=1S/C20H18ClN3O3/c1-27-15-8-6-14(7-9-15)18-10-11-19(25)24(23-18)13-12-22-20(26)16-4-2-3-5-17(16)21/h2-11H,12-13H2,1H3,(H,22,26). The van der Waals surface area contributed by atoms with E-state index in [2.05, 4.69) is 10.4 Å². The summed E-state index contributed by atoms with van der Waals surface area (Å²) in [7, 11) is 1.60. The van der Waals surface area contributed by atoms with Gasteiger partial charge in [0.15, 0.2) is 0 Å². The van der Waals surface area contributed by atoms with Crippen LogP contribution in [0.1, 0.15) is 10.4 Å². The Morgan fingerprint density at radius 1 is 1.11 bits per heavy atom. The van der Waals surface area contributed by atoms with Crippen LogP contribution < -0.4 is 15.6 Å². The molecular formula is C20H18ClN3O3. The molecule has 0 spiro atoms. The molecule has 1 heterocycles. The van der Waals surface area contributed by atoms with Crippen molar-refractivity contribution in [2.24, 2.45) is 0 Å². The molecule has 1 N–H and O–H groups in total. The van der Waals surface area contributed by atoms with Gasteiger partial charge in [-0.3, -0.25) is 9.59 Å². The van der Waals surface area contributed by atoms with Crippen LogP contribution in [-0.2, 0) is 6.54 Å². The number of aromatic nitrogens is 2. The van der Waals surface area contributed by atoms with E-state index < -0.39 is 0 Å². The Kier molecular flexibility index (Phi) is 5.88. The van der Waals surface area contributed by atoms with Crippen LogP contribution in [0.25, 0.3) is 11.3 Å². The normalized spacial score (nSPS) is 10.4. The van der Waals surface area contributed by atoms with E-state index in [9.17, 15) is 9.59 Å². The lowest BCUT2D eigenvalue weighted by Crippen LogP contribution is -2.32.